The number of thiazole rings is 1. The summed E-state index contributed by atoms with van der Waals surface area (Å²) < 4.78 is 33.9. The van der Waals surface area contributed by atoms with E-state index in [2.05, 4.69) is 10.3 Å². The molecule has 1 saturated heterocycles. The summed E-state index contributed by atoms with van der Waals surface area (Å²) in [5.41, 5.74) is 0.739. The Hall–Kier alpha value is -2.14. The van der Waals surface area contributed by atoms with Gasteiger partial charge in [0.05, 0.1) is 16.2 Å². The van der Waals surface area contributed by atoms with E-state index in [1.54, 1.807) is 23.9 Å². The molecule has 1 aliphatic rings. The van der Waals surface area contributed by atoms with Gasteiger partial charge in [-0.25, -0.2) is 13.4 Å². The van der Waals surface area contributed by atoms with Gasteiger partial charge in [-0.3, -0.25) is 4.79 Å². The van der Waals surface area contributed by atoms with E-state index in [1.807, 2.05) is 43.5 Å². The molecule has 10 heteroatoms. The van der Waals surface area contributed by atoms with Gasteiger partial charge >= 0.3 is 0 Å². The molecule has 2 aromatic carbocycles. The molecule has 0 aliphatic carbocycles. The van der Waals surface area contributed by atoms with Gasteiger partial charge in [0.2, 0.25) is 15.9 Å². The van der Waals surface area contributed by atoms with Crippen LogP contribution in [0.2, 0.25) is 0 Å². The molecule has 3 aromatic rings. The lowest BCUT2D eigenvalue weighted by Crippen LogP contribution is -2.41. The van der Waals surface area contributed by atoms with Crippen LogP contribution in [0.5, 0.6) is 5.75 Å². The van der Waals surface area contributed by atoms with Crippen molar-refractivity contribution in [1.82, 2.24) is 9.29 Å². The summed E-state index contributed by atoms with van der Waals surface area (Å²) in [7, 11) is -3.55. The third-order valence-electron chi connectivity index (χ3n) is 5.43. The third kappa shape index (κ3) is 4.78. The molecule has 0 spiro atoms. The number of fused-ring (bicyclic) bond motifs is 1. The van der Waals surface area contributed by atoms with Crippen LogP contribution in [0.1, 0.15) is 19.8 Å². The maximum absolute atomic E-state index is 12.9. The number of nitrogens with one attached hydrogen (secondary N) is 1. The Kier molecular flexibility index (Phi) is 7.04. The molecule has 0 bridgehead atoms. The number of para-hydroxylation sites is 1. The third-order valence-corrected chi connectivity index (χ3v) is 9.03. The number of carbonyl (C=O) groups excluding carboxylic acids is 1. The van der Waals surface area contributed by atoms with Crippen molar-refractivity contribution in [3.63, 3.8) is 0 Å². The minimum absolute atomic E-state index is 0.122. The van der Waals surface area contributed by atoms with Crippen LogP contribution in [0, 0.1) is 5.92 Å². The number of hydrogen-bond donors (Lipinski definition) is 1. The largest absolute Gasteiger partial charge is 0.492 e. The normalized spacial score (nSPS) is 15.7. The zero-order valence-corrected chi connectivity index (χ0v) is 20.4. The maximum atomic E-state index is 12.9. The molecule has 170 valence electrons. The first-order chi connectivity index (χ1) is 15.4. The van der Waals surface area contributed by atoms with Crippen molar-refractivity contribution in [2.75, 3.05) is 31.3 Å². The Bertz CT molecular complexity index is 1200. The molecule has 32 heavy (non-hydrogen) atoms. The van der Waals surface area contributed by atoms with Crippen LogP contribution in [-0.4, -0.2) is 49.6 Å². The predicted molar refractivity (Wildman–Crippen MR) is 129 cm³/mol. The van der Waals surface area contributed by atoms with Crippen LogP contribution in [0.4, 0.5) is 5.13 Å². The summed E-state index contributed by atoms with van der Waals surface area (Å²) in [4.78, 5) is 18.6. The molecular formula is C22H25N3O4S3. The SMILES string of the molecule is CCOc1cccc2sc(NC(=O)C3CCN(S(=O)(=O)c4ccc(SC)cc4)CC3)nc12. The highest BCUT2D eigenvalue weighted by atomic mass is 32.2. The molecule has 1 amide bonds. The molecule has 0 radical (unpaired) electrons. The average molecular weight is 492 g/mol. The van der Waals surface area contributed by atoms with Gasteiger partial charge in [-0.05, 0) is 62.4 Å². The first-order valence-electron chi connectivity index (χ1n) is 10.4. The highest BCUT2D eigenvalue weighted by Gasteiger charge is 2.32. The van der Waals surface area contributed by atoms with Gasteiger partial charge in [0.25, 0.3) is 0 Å². The minimum atomic E-state index is -3.55. The second-order valence-electron chi connectivity index (χ2n) is 7.40. The van der Waals surface area contributed by atoms with Crippen LogP contribution in [0.25, 0.3) is 10.2 Å². The number of anilines is 1. The van der Waals surface area contributed by atoms with Gasteiger partial charge in [0.15, 0.2) is 5.13 Å². The van der Waals surface area contributed by atoms with Crippen molar-refractivity contribution in [1.29, 1.82) is 0 Å². The van der Waals surface area contributed by atoms with E-state index in [4.69, 9.17) is 4.74 Å². The number of amides is 1. The van der Waals surface area contributed by atoms with Crippen molar-refractivity contribution in [3.05, 3.63) is 42.5 Å². The van der Waals surface area contributed by atoms with Crippen LogP contribution < -0.4 is 10.1 Å². The monoisotopic (exact) mass is 491 g/mol. The van der Waals surface area contributed by atoms with E-state index in [-0.39, 0.29) is 16.7 Å². The lowest BCUT2D eigenvalue weighted by atomic mass is 9.97. The fourth-order valence-electron chi connectivity index (χ4n) is 3.71. The predicted octanol–water partition coefficient (Wildman–Crippen LogP) is 4.46. The van der Waals surface area contributed by atoms with Gasteiger partial charge in [-0.1, -0.05) is 17.4 Å². The van der Waals surface area contributed by atoms with Crippen molar-refractivity contribution in [2.24, 2.45) is 5.92 Å². The standard InChI is InChI=1S/C22H25N3O4S3/c1-3-29-18-5-4-6-19-20(18)23-22(31-19)24-21(26)15-11-13-25(14-12-15)32(27,28)17-9-7-16(30-2)8-10-17/h4-10,15H,3,11-14H2,1-2H3,(H,23,24,26). The fourth-order valence-corrected chi connectivity index (χ4v) is 6.48. The zero-order chi connectivity index (χ0) is 22.7. The van der Waals surface area contributed by atoms with E-state index in [0.29, 0.717) is 43.4 Å². The molecule has 1 fully saturated rings. The number of ether oxygens (including phenoxy) is 1. The second kappa shape index (κ2) is 9.78. The number of piperidine rings is 1. The Morgan fingerprint density at radius 3 is 2.59 bits per heavy atom. The molecule has 1 aromatic heterocycles. The second-order valence-corrected chi connectivity index (χ2v) is 11.2. The number of aromatic nitrogens is 1. The highest BCUT2D eigenvalue weighted by molar-refractivity contribution is 7.98. The minimum Gasteiger partial charge on any atom is -0.492 e. The lowest BCUT2D eigenvalue weighted by molar-refractivity contribution is -0.120. The van der Waals surface area contributed by atoms with Crippen LogP contribution >= 0.6 is 23.1 Å². The van der Waals surface area contributed by atoms with Crippen molar-refractivity contribution in [3.8, 4) is 5.75 Å². The van der Waals surface area contributed by atoms with Gasteiger partial charge in [-0.2, -0.15) is 4.31 Å². The van der Waals surface area contributed by atoms with Gasteiger partial charge in [0.1, 0.15) is 11.3 Å². The average Bonchev–Trinajstić information content (AvgIpc) is 3.23. The number of nitrogens with zero attached hydrogens (tertiary/aromatic N) is 2. The Balaban J connectivity index is 1.39. The van der Waals surface area contributed by atoms with Crippen LogP contribution in [0.15, 0.2) is 52.3 Å². The van der Waals surface area contributed by atoms with Gasteiger partial charge < -0.3 is 10.1 Å². The van der Waals surface area contributed by atoms with E-state index >= 15 is 0 Å². The van der Waals surface area contributed by atoms with Gasteiger partial charge in [0, 0.05) is 23.9 Å². The van der Waals surface area contributed by atoms with Crippen molar-refractivity contribution >= 4 is 54.4 Å². The van der Waals surface area contributed by atoms with Crippen LogP contribution in [0.3, 0.4) is 0 Å². The molecule has 1 N–H and O–H groups in total. The van der Waals surface area contributed by atoms with E-state index in [0.717, 1.165) is 15.1 Å². The Morgan fingerprint density at radius 1 is 1.22 bits per heavy atom. The quantitative estimate of drug-likeness (QED) is 0.491. The zero-order valence-electron chi connectivity index (χ0n) is 17.9. The number of rotatable bonds is 7. The first-order valence-corrected chi connectivity index (χ1v) is 13.9. The summed E-state index contributed by atoms with van der Waals surface area (Å²) in [5.74, 6) is 0.327. The topological polar surface area (TPSA) is 88.6 Å². The van der Waals surface area contributed by atoms with Gasteiger partial charge in [-0.15, -0.1) is 11.8 Å². The summed E-state index contributed by atoms with van der Waals surface area (Å²) in [6, 6.07) is 12.6. The van der Waals surface area contributed by atoms with Crippen molar-refractivity contribution in [2.45, 2.75) is 29.6 Å². The Morgan fingerprint density at radius 2 is 1.94 bits per heavy atom. The summed E-state index contributed by atoms with van der Waals surface area (Å²) in [6.07, 6.45) is 2.90. The maximum Gasteiger partial charge on any atom is 0.243 e. The Labute approximate surface area is 196 Å². The fraction of sp³-hybridized carbons (Fsp3) is 0.364. The molecule has 4 rings (SSSR count). The summed E-state index contributed by atoms with van der Waals surface area (Å²) in [6.45, 7) is 3.10. The highest BCUT2D eigenvalue weighted by Crippen LogP contribution is 2.33. The summed E-state index contributed by atoms with van der Waals surface area (Å²) in [5, 5.41) is 3.44. The lowest BCUT2D eigenvalue weighted by Gasteiger charge is -2.30. The molecular weight excluding hydrogens is 466 g/mol. The molecule has 2 heterocycles. The van der Waals surface area contributed by atoms with Crippen LogP contribution in [-0.2, 0) is 14.8 Å². The van der Waals surface area contributed by atoms with E-state index in [9.17, 15) is 13.2 Å². The number of hydrogen-bond acceptors (Lipinski definition) is 7. The van der Waals surface area contributed by atoms with E-state index in [1.165, 1.54) is 15.6 Å². The molecule has 0 saturated carbocycles. The molecule has 0 unspecified atom stereocenters. The first kappa shape index (κ1) is 23.0. The number of sulfonamides is 1. The molecule has 1 aliphatic heterocycles. The molecule has 7 nitrogen and oxygen atoms in total. The number of thioether (sulfide) groups is 1. The number of benzene rings is 2. The van der Waals surface area contributed by atoms with Crippen molar-refractivity contribution < 1.29 is 17.9 Å². The molecule has 0 atom stereocenters. The van der Waals surface area contributed by atoms with E-state index < -0.39 is 10.0 Å². The smallest absolute Gasteiger partial charge is 0.243 e. The number of carbonyl (C=O) groups is 1. The summed E-state index contributed by atoms with van der Waals surface area (Å²) >= 11 is 2.97.